The minimum Gasteiger partial charge on any atom is -0.478 e. The zero-order chi connectivity index (χ0) is 21.4. The lowest BCUT2D eigenvalue weighted by molar-refractivity contribution is -0.116. The first-order chi connectivity index (χ1) is 15.1. The van der Waals surface area contributed by atoms with Gasteiger partial charge in [-0.2, -0.15) is 0 Å². The normalized spacial score (nSPS) is 14.3. The van der Waals surface area contributed by atoms with Crippen LogP contribution in [0.3, 0.4) is 0 Å². The molecule has 6 heteroatoms. The Bertz CT molecular complexity index is 1260. The van der Waals surface area contributed by atoms with E-state index < -0.39 is 0 Å². The number of nitrogens with zero attached hydrogens (tertiary/aromatic N) is 3. The number of fused-ring (bicyclic) bond motifs is 3. The Morgan fingerprint density at radius 1 is 1.03 bits per heavy atom. The maximum absolute atomic E-state index is 12.8. The molecule has 0 unspecified atom stereocenters. The third-order valence-corrected chi connectivity index (χ3v) is 5.45. The molecule has 5 rings (SSSR count). The Morgan fingerprint density at radius 2 is 1.81 bits per heavy atom. The van der Waals surface area contributed by atoms with Crippen LogP contribution in [0.2, 0.25) is 0 Å². The van der Waals surface area contributed by atoms with Crippen LogP contribution < -0.4 is 10.1 Å². The van der Waals surface area contributed by atoms with Gasteiger partial charge in [-0.05, 0) is 43.2 Å². The lowest BCUT2D eigenvalue weighted by atomic mass is 9.98. The van der Waals surface area contributed by atoms with E-state index in [0.29, 0.717) is 5.69 Å². The fraction of sp³-hybridized carbons (Fsp3) is 0.160. The molecule has 2 heterocycles. The molecule has 1 N–H and O–H groups in total. The Balaban J connectivity index is 1.49. The third kappa shape index (κ3) is 3.57. The summed E-state index contributed by atoms with van der Waals surface area (Å²) in [5, 5.41) is 11.7. The molecule has 1 aromatic heterocycles. The fourth-order valence-electron chi connectivity index (χ4n) is 3.97. The molecule has 0 radical (unpaired) electrons. The second-order valence-electron chi connectivity index (χ2n) is 7.75. The van der Waals surface area contributed by atoms with E-state index in [1.54, 1.807) is 4.68 Å². The summed E-state index contributed by atoms with van der Waals surface area (Å²) < 4.78 is 7.93. The van der Waals surface area contributed by atoms with Crippen molar-refractivity contribution >= 4 is 11.6 Å². The summed E-state index contributed by atoms with van der Waals surface area (Å²) in [6.07, 6.45) is -0.373. The van der Waals surface area contributed by atoms with Crippen molar-refractivity contribution in [3.8, 4) is 17.0 Å². The van der Waals surface area contributed by atoms with Gasteiger partial charge in [-0.3, -0.25) is 4.79 Å². The van der Waals surface area contributed by atoms with Crippen LogP contribution in [0.1, 0.15) is 28.5 Å². The molecule has 31 heavy (non-hydrogen) atoms. The highest BCUT2D eigenvalue weighted by atomic mass is 16.5. The molecule has 0 saturated carbocycles. The Kier molecular flexibility index (Phi) is 4.75. The van der Waals surface area contributed by atoms with Gasteiger partial charge in [-0.25, -0.2) is 4.68 Å². The number of carbonyl (C=O) groups is 1. The molecular formula is C25H22N4O2. The number of anilines is 1. The van der Waals surface area contributed by atoms with E-state index >= 15 is 0 Å². The molecule has 1 aliphatic rings. The lowest BCUT2D eigenvalue weighted by Gasteiger charge is -2.26. The Hall–Kier alpha value is -3.93. The number of rotatable bonds is 4. The van der Waals surface area contributed by atoms with Crippen LogP contribution in [0.4, 0.5) is 5.69 Å². The van der Waals surface area contributed by atoms with Crippen LogP contribution in [0.25, 0.3) is 11.3 Å². The Morgan fingerprint density at radius 3 is 2.61 bits per heavy atom. The number of nitrogens with one attached hydrogen (secondary N) is 1. The molecule has 1 atom stereocenters. The van der Waals surface area contributed by atoms with Gasteiger partial charge in [0, 0.05) is 11.3 Å². The molecule has 0 saturated heterocycles. The van der Waals surface area contributed by atoms with Crippen LogP contribution in [-0.4, -0.2) is 20.9 Å². The first-order valence-electron chi connectivity index (χ1n) is 10.2. The van der Waals surface area contributed by atoms with Crippen molar-refractivity contribution in [3.05, 3.63) is 95.2 Å². The van der Waals surface area contributed by atoms with Crippen molar-refractivity contribution in [1.29, 1.82) is 0 Å². The summed E-state index contributed by atoms with van der Waals surface area (Å²) in [5.74, 6) is 0.599. The number of aryl methyl sites for hydroxylation is 2. The van der Waals surface area contributed by atoms with E-state index in [2.05, 4.69) is 15.6 Å². The second-order valence-corrected chi connectivity index (χ2v) is 7.75. The molecule has 3 aromatic carbocycles. The van der Waals surface area contributed by atoms with Gasteiger partial charge in [-0.15, -0.1) is 5.10 Å². The molecule has 0 fully saturated rings. The van der Waals surface area contributed by atoms with E-state index in [1.807, 2.05) is 86.6 Å². The van der Waals surface area contributed by atoms with Gasteiger partial charge in [0.25, 0.3) is 0 Å². The Labute approximate surface area is 180 Å². The summed E-state index contributed by atoms with van der Waals surface area (Å²) >= 11 is 0. The molecule has 0 bridgehead atoms. The van der Waals surface area contributed by atoms with Crippen molar-refractivity contribution in [2.24, 2.45) is 0 Å². The summed E-state index contributed by atoms with van der Waals surface area (Å²) in [7, 11) is 0. The standard InChI is InChI=1S/C25H22N4O2/c1-16-12-13-20(17(2)14-16)26-22(30)15-29-24-19-10-6-7-11-21(19)31-25(23(24)27-28-29)18-8-4-3-5-9-18/h3-14,25H,15H2,1-2H3,(H,26,30)/t25-/m0/s1. The zero-order valence-corrected chi connectivity index (χ0v) is 17.4. The van der Waals surface area contributed by atoms with E-state index in [4.69, 9.17) is 4.74 Å². The van der Waals surface area contributed by atoms with Crippen molar-refractivity contribution in [3.63, 3.8) is 0 Å². The van der Waals surface area contributed by atoms with Crippen molar-refractivity contribution in [2.75, 3.05) is 5.32 Å². The number of carbonyl (C=O) groups excluding carboxylic acids is 1. The second kappa shape index (κ2) is 7.72. The number of hydrogen-bond acceptors (Lipinski definition) is 4. The SMILES string of the molecule is Cc1ccc(NC(=O)Cn2nnc3c2-c2ccccc2O[C@H]3c2ccccc2)c(C)c1. The largest absolute Gasteiger partial charge is 0.478 e. The maximum Gasteiger partial charge on any atom is 0.246 e. The minimum absolute atomic E-state index is 0.0610. The average Bonchev–Trinajstić information content (AvgIpc) is 3.19. The van der Waals surface area contributed by atoms with Gasteiger partial charge >= 0.3 is 0 Å². The zero-order valence-electron chi connectivity index (χ0n) is 17.4. The molecular weight excluding hydrogens is 388 g/mol. The van der Waals surface area contributed by atoms with Crippen molar-refractivity contribution in [2.45, 2.75) is 26.5 Å². The number of aromatic nitrogens is 3. The van der Waals surface area contributed by atoms with E-state index in [1.165, 1.54) is 0 Å². The highest BCUT2D eigenvalue weighted by Gasteiger charge is 2.33. The smallest absolute Gasteiger partial charge is 0.246 e. The van der Waals surface area contributed by atoms with Crippen LogP contribution >= 0.6 is 0 Å². The van der Waals surface area contributed by atoms with Crippen LogP contribution in [0.15, 0.2) is 72.8 Å². The van der Waals surface area contributed by atoms with E-state index in [0.717, 1.165) is 39.4 Å². The summed E-state index contributed by atoms with van der Waals surface area (Å²) in [4.78, 5) is 12.8. The highest BCUT2D eigenvalue weighted by molar-refractivity contribution is 5.91. The highest BCUT2D eigenvalue weighted by Crippen LogP contribution is 2.43. The number of amides is 1. The first-order valence-corrected chi connectivity index (χ1v) is 10.2. The number of benzene rings is 3. The van der Waals surface area contributed by atoms with E-state index in [-0.39, 0.29) is 18.6 Å². The molecule has 1 aliphatic heterocycles. The lowest BCUT2D eigenvalue weighted by Crippen LogP contribution is -2.22. The quantitative estimate of drug-likeness (QED) is 0.530. The predicted octanol–water partition coefficient (Wildman–Crippen LogP) is 4.68. The third-order valence-electron chi connectivity index (χ3n) is 5.45. The van der Waals surface area contributed by atoms with Gasteiger partial charge < -0.3 is 10.1 Å². The fourth-order valence-corrected chi connectivity index (χ4v) is 3.97. The summed E-state index contributed by atoms with van der Waals surface area (Å²) in [6.45, 7) is 4.08. The molecule has 0 spiro atoms. The topological polar surface area (TPSA) is 69.0 Å². The van der Waals surface area contributed by atoms with Crippen molar-refractivity contribution in [1.82, 2.24) is 15.0 Å². The van der Waals surface area contributed by atoms with Gasteiger partial charge in [-0.1, -0.05) is 65.4 Å². The first kappa shape index (κ1) is 19.1. The predicted molar refractivity (Wildman–Crippen MR) is 119 cm³/mol. The van der Waals surface area contributed by atoms with Gasteiger partial charge in [0.2, 0.25) is 5.91 Å². The van der Waals surface area contributed by atoms with Gasteiger partial charge in [0.15, 0.2) is 6.10 Å². The number of ether oxygens (including phenoxy) is 1. The number of para-hydroxylation sites is 1. The minimum atomic E-state index is -0.373. The molecule has 0 aliphatic carbocycles. The average molecular weight is 410 g/mol. The molecule has 6 nitrogen and oxygen atoms in total. The van der Waals surface area contributed by atoms with Crippen LogP contribution in [0.5, 0.6) is 5.75 Å². The summed E-state index contributed by atoms with van der Waals surface area (Å²) in [6, 6.07) is 23.7. The monoisotopic (exact) mass is 410 g/mol. The number of hydrogen-bond donors (Lipinski definition) is 1. The maximum atomic E-state index is 12.8. The van der Waals surface area contributed by atoms with Crippen LogP contribution in [-0.2, 0) is 11.3 Å². The molecule has 154 valence electrons. The molecule has 1 amide bonds. The molecule has 4 aromatic rings. The summed E-state index contributed by atoms with van der Waals surface area (Å²) in [5.41, 5.74) is 6.38. The van der Waals surface area contributed by atoms with E-state index in [9.17, 15) is 4.79 Å². The van der Waals surface area contributed by atoms with Crippen molar-refractivity contribution < 1.29 is 9.53 Å². The van der Waals surface area contributed by atoms with Gasteiger partial charge in [0.05, 0.1) is 0 Å². The van der Waals surface area contributed by atoms with Gasteiger partial charge in [0.1, 0.15) is 23.7 Å². The van der Waals surface area contributed by atoms with Crippen LogP contribution in [0, 0.1) is 13.8 Å².